The summed E-state index contributed by atoms with van der Waals surface area (Å²) in [5.41, 5.74) is 3.96. The number of aryl methyl sites for hydroxylation is 1. The van der Waals surface area contributed by atoms with E-state index in [1.165, 1.54) is 0 Å². The smallest absolute Gasteiger partial charge is 0.328 e. The first kappa shape index (κ1) is 14.8. The maximum absolute atomic E-state index is 10.9. The van der Waals surface area contributed by atoms with Crippen LogP contribution in [0.15, 0.2) is 48.5 Å². The molecule has 1 aromatic carbocycles. The first-order valence-electron chi connectivity index (χ1n) is 7.14. The molecular formula is C18H16N2O3. The van der Waals surface area contributed by atoms with E-state index in [1.54, 1.807) is 13.2 Å². The fourth-order valence-corrected chi connectivity index (χ4v) is 2.62. The van der Waals surface area contributed by atoms with Gasteiger partial charge in [0.15, 0.2) is 0 Å². The number of rotatable bonds is 4. The second-order valence-electron chi connectivity index (χ2n) is 5.08. The van der Waals surface area contributed by atoms with Crippen molar-refractivity contribution in [2.45, 2.75) is 6.92 Å². The zero-order chi connectivity index (χ0) is 16.4. The number of methoxy groups -OCH3 is 1. The molecule has 0 bridgehead atoms. The van der Waals surface area contributed by atoms with E-state index in [4.69, 9.17) is 9.84 Å². The lowest BCUT2D eigenvalue weighted by Gasteiger charge is -2.07. The average Bonchev–Trinajstić information content (AvgIpc) is 2.92. The van der Waals surface area contributed by atoms with Gasteiger partial charge in [0, 0.05) is 17.3 Å². The summed E-state index contributed by atoms with van der Waals surface area (Å²) in [6.07, 6.45) is 2.69. The lowest BCUT2D eigenvalue weighted by atomic mass is 10.1. The molecule has 23 heavy (non-hydrogen) atoms. The number of nitrogens with zero attached hydrogens (tertiary/aromatic N) is 2. The zero-order valence-corrected chi connectivity index (χ0v) is 12.9. The summed E-state index contributed by atoms with van der Waals surface area (Å²) in [5, 5.41) is 8.97. The Morgan fingerprint density at radius 1 is 1.22 bits per heavy atom. The van der Waals surface area contributed by atoms with Crippen molar-refractivity contribution >= 4 is 17.7 Å². The highest BCUT2D eigenvalue weighted by atomic mass is 16.5. The molecule has 116 valence electrons. The van der Waals surface area contributed by atoms with Crippen LogP contribution < -0.4 is 4.74 Å². The summed E-state index contributed by atoms with van der Waals surface area (Å²) >= 11 is 0. The van der Waals surface area contributed by atoms with E-state index in [1.807, 2.05) is 53.8 Å². The van der Waals surface area contributed by atoms with Crippen LogP contribution in [0.4, 0.5) is 0 Å². The van der Waals surface area contributed by atoms with Gasteiger partial charge in [-0.25, -0.2) is 9.78 Å². The molecule has 0 aliphatic heterocycles. The normalized spacial score (nSPS) is 11.2. The number of fused-ring (bicyclic) bond motifs is 1. The third kappa shape index (κ3) is 2.68. The number of ether oxygens (including phenoxy) is 1. The van der Waals surface area contributed by atoms with Crippen molar-refractivity contribution in [1.29, 1.82) is 0 Å². The minimum Gasteiger partial charge on any atom is -0.496 e. The van der Waals surface area contributed by atoms with Gasteiger partial charge in [0.05, 0.1) is 12.8 Å². The SMILES string of the molecule is COc1ccccc1-c1nc2cccc(C)n2c1/C=C/C(=O)O. The van der Waals surface area contributed by atoms with Crippen molar-refractivity contribution in [2.75, 3.05) is 7.11 Å². The lowest BCUT2D eigenvalue weighted by Crippen LogP contribution is -1.95. The summed E-state index contributed by atoms with van der Waals surface area (Å²) in [5.74, 6) is -0.307. The molecule has 0 amide bonds. The van der Waals surface area contributed by atoms with Crippen LogP contribution >= 0.6 is 0 Å². The Hall–Kier alpha value is -3.08. The standard InChI is InChI=1S/C18H16N2O3/c1-12-6-5-9-16-19-18(13-7-3-4-8-15(13)23-2)14(20(12)16)10-11-17(21)22/h3-11H,1-2H3,(H,21,22)/b11-10+. The van der Waals surface area contributed by atoms with E-state index in [9.17, 15) is 4.79 Å². The maximum atomic E-state index is 10.9. The predicted molar refractivity (Wildman–Crippen MR) is 88.6 cm³/mol. The third-order valence-corrected chi connectivity index (χ3v) is 3.62. The van der Waals surface area contributed by atoms with Gasteiger partial charge < -0.3 is 9.84 Å². The van der Waals surface area contributed by atoms with Crippen molar-refractivity contribution in [3.63, 3.8) is 0 Å². The van der Waals surface area contributed by atoms with Gasteiger partial charge >= 0.3 is 5.97 Å². The number of carbonyl (C=O) groups is 1. The number of carboxylic acids is 1. The summed E-state index contributed by atoms with van der Waals surface area (Å²) in [6.45, 7) is 1.96. The van der Waals surface area contributed by atoms with Crippen LogP contribution in [-0.4, -0.2) is 27.6 Å². The van der Waals surface area contributed by atoms with Crippen molar-refractivity contribution in [2.24, 2.45) is 0 Å². The Bertz CT molecular complexity index is 910. The van der Waals surface area contributed by atoms with Gasteiger partial charge in [-0.15, -0.1) is 0 Å². The average molecular weight is 308 g/mol. The molecule has 3 aromatic rings. The van der Waals surface area contributed by atoms with E-state index >= 15 is 0 Å². The van der Waals surface area contributed by atoms with Gasteiger partial charge in [0.1, 0.15) is 17.1 Å². The molecule has 0 saturated carbocycles. The molecule has 3 rings (SSSR count). The number of para-hydroxylation sites is 1. The molecule has 0 radical (unpaired) electrons. The van der Waals surface area contributed by atoms with Crippen molar-refractivity contribution in [3.8, 4) is 17.0 Å². The van der Waals surface area contributed by atoms with Crippen LogP contribution in [-0.2, 0) is 4.79 Å². The second kappa shape index (κ2) is 5.96. The van der Waals surface area contributed by atoms with Gasteiger partial charge in [0.25, 0.3) is 0 Å². The summed E-state index contributed by atoms with van der Waals surface area (Å²) in [6, 6.07) is 13.3. The number of aliphatic carboxylic acids is 1. The van der Waals surface area contributed by atoms with Crippen LogP contribution in [0.3, 0.4) is 0 Å². The minimum atomic E-state index is -1.00. The molecule has 0 saturated heterocycles. The number of hydrogen-bond donors (Lipinski definition) is 1. The van der Waals surface area contributed by atoms with Crippen molar-refractivity contribution in [1.82, 2.24) is 9.38 Å². The molecule has 0 aliphatic carbocycles. The van der Waals surface area contributed by atoms with Crippen LogP contribution in [0.1, 0.15) is 11.4 Å². The number of benzene rings is 1. The number of aromatic nitrogens is 2. The molecule has 0 fully saturated rings. The molecule has 0 aliphatic rings. The Morgan fingerprint density at radius 2 is 2.00 bits per heavy atom. The predicted octanol–water partition coefficient (Wildman–Crippen LogP) is 3.42. The molecule has 0 unspecified atom stereocenters. The second-order valence-corrected chi connectivity index (χ2v) is 5.08. The molecule has 0 spiro atoms. The highest BCUT2D eigenvalue weighted by Gasteiger charge is 2.16. The minimum absolute atomic E-state index is 0.689. The highest BCUT2D eigenvalue weighted by Crippen LogP contribution is 2.33. The maximum Gasteiger partial charge on any atom is 0.328 e. The van der Waals surface area contributed by atoms with E-state index in [2.05, 4.69) is 4.98 Å². The largest absolute Gasteiger partial charge is 0.496 e. The topological polar surface area (TPSA) is 63.8 Å². The van der Waals surface area contributed by atoms with Crippen molar-refractivity contribution in [3.05, 3.63) is 59.9 Å². The lowest BCUT2D eigenvalue weighted by molar-refractivity contribution is -0.131. The number of imidazole rings is 1. The fourth-order valence-electron chi connectivity index (χ4n) is 2.62. The van der Waals surface area contributed by atoms with E-state index < -0.39 is 5.97 Å². The summed E-state index contributed by atoms with van der Waals surface area (Å²) in [7, 11) is 1.60. The van der Waals surface area contributed by atoms with Crippen LogP contribution in [0.5, 0.6) is 5.75 Å². The molecule has 2 aromatic heterocycles. The van der Waals surface area contributed by atoms with Gasteiger partial charge in [-0.2, -0.15) is 0 Å². The van der Waals surface area contributed by atoms with Crippen LogP contribution in [0.25, 0.3) is 23.0 Å². The number of carboxylic acid groups (broad SMARTS) is 1. The Balaban J connectivity index is 2.34. The fraction of sp³-hybridized carbons (Fsp3) is 0.111. The van der Waals surface area contributed by atoms with E-state index in [0.717, 1.165) is 23.0 Å². The van der Waals surface area contributed by atoms with E-state index in [0.29, 0.717) is 17.1 Å². The zero-order valence-electron chi connectivity index (χ0n) is 12.9. The van der Waals surface area contributed by atoms with Gasteiger partial charge in [-0.3, -0.25) is 4.40 Å². The van der Waals surface area contributed by atoms with Crippen LogP contribution in [0, 0.1) is 6.92 Å². The van der Waals surface area contributed by atoms with Crippen molar-refractivity contribution < 1.29 is 14.6 Å². The number of pyridine rings is 1. The molecule has 1 N–H and O–H groups in total. The molecule has 2 heterocycles. The van der Waals surface area contributed by atoms with Gasteiger partial charge in [0.2, 0.25) is 0 Å². The quantitative estimate of drug-likeness (QED) is 0.750. The molecule has 0 atom stereocenters. The Morgan fingerprint density at radius 3 is 2.74 bits per heavy atom. The van der Waals surface area contributed by atoms with E-state index in [-0.39, 0.29) is 0 Å². The first-order valence-corrected chi connectivity index (χ1v) is 7.14. The highest BCUT2D eigenvalue weighted by molar-refractivity contribution is 5.88. The first-order chi connectivity index (χ1) is 11.1. The molecular weight excluding hydrogens is 292 g/mol. The monoisotopic (exact) mass is 308 g/mol. The molecule has 5 heteroatoms. The van der Waals surface area contributed by atoms with Gasteiger partial charge in [-0.1, -0.05) is 18.2 Å². The Labute approximate surface area is 133 Å². The third-order valence-electron chi connectivity index (χ3n) is 3.62. The molecule has 5 nitrogen and oxygen atoms in total. The Kier molecular flexibility index (Phi) is 3.85. The van der Waals surface area contributed by atoms with Gasteiger partial charge in [-0.05, 0) is 37.3 Å². The number of hydrogen-bond acceptors (Lipinski definition) is 3. The summed E-state index contributed by atoms with van der Waals surface area (Å²) in [4.78, 5) is 15.6. The van der Waals surface area contributed by atoms with Crippen LogP contribution in [0.2, 0.25) is 0 Å². The summed E-state index contributed by atoms with van der Waals surface area (Å²) < 4.78 is 7.35.